The second kappa shape index (κ2) is 7.62. The van der Waals surface area contributed by atoms with E-state index in [1.165, 1.54) is 18.2 Å². The van der Waals surface area contributed by atoms with Gasteiger partial charge < -0.3 is 15.8 Å². The van der Waals surface area contributed by atoms with Gasteiger partial charge >= 0.3 is 0 Å². The van der Waals surface area contributed by atoms with Gasteiger partial charge in [0.25, 0.3) is 11.8 Å². The lowest BCUT2D eigenvalue weighted by molar-refractivity contribution is 0.0922. The number of aryl methyl sites for hydroxylation is 1. The molecule has 4 rings (SSSR count). The number of nitrogen functional groups attached to an aromatic ring is 1. The van der Waals surface area contributed by atoms with Crippen molar-refractivity contribution in [3.63, 3.8) is 0 Å². The van der Waals surface area contributed by atoms with Crippen molar-refractivity contribution < 1.29 is 18.3 Å². The van der Waals surface area contributed by atoms with Gasteiger partial charge in [0, 0.05) is 12.0 Å². The zero-order chi connectivity index (χ0) is 21.4. The summed E-state index contributed by atoms with van der Waals surface area (Å²) in [5.74, 6) is -1.68. The third kappa shape index (κ3) is 3.51. The lowest BCUT2D eigenvalue weighted by atomic mass is 9.91. The highest BCUT2D eigenvalue weighted by Gasteiger charge is 2.31. The Morgan fingerprint density at radius 3 is 2.83 bits per heavy atom. The highest BCUT2D eigenvalue weighted by molar-refractivity contribution is 5.98. The monoisotopic (exact) mass is 412 g/mol. The molecular weight excluding hydrogens is 394 g/mol. The molecule has 1 aliphatic rings. The first-order valence-corrected chi connectivity index (χ1v) is 9.26. The number of ether oxygens (including phenoxy) is 1. The van der Waals surface area contributed by atoms with Crippen molar-refractivity contribution in [3.8, 4) is 17.3 Å². The number of rotatable bonds is 4. The van der Waals surface area contributed by atoms with Gasteiger partial charge in [-0.05, 0) is 31.5 Å². The minimum atomic E-state index is -0.721. The first-order valence-electron chi connectivity index (χ1n) is 9.26. The Morgan fingerprint density at radius 2 is 2.07 bits per heavy atom. The maximum atomic E-state index is 14.1. The van der Waals surface area contributed by atoms with Gasteiger partial charge in [0.1, 0.15) is 5.82 Å². The van der Waals surface area contributed by atoms with E-state index in [-0.39, 0.29) is 30.2 Å². The van der Waals surface area contributed by atoms with Gasteiger partial charge in [-0.2, -0.15) is 9.37 Å². The number of benzene rings is 1. The molecule has 0 saturated carbocycles. The SMILES string of the molecule is CCOc1nc(-c2cc(F)ccc2[C@H]2Cc3nc(N)nc(C)c3C(=O)N2)ncc1F. The highest BCUT2D eigenvalue weighted by atomic mass is 19.1. The molecule has 0 fully saturated rings. The molecule has 30 heavy (non-hydrogen) atoms. The first-order chi connectivity index (χ1) is 14.4. The van der Waals surface area contributed by atoms with Crippen LogP contribution in [0.1, 0.15) is 40.3 Å². The van der Waals surface area contributed by atoms with Gasteiger partial charge in [-0.3, -0.25) is 4.79 Å². The largest absolute Gasteiger partial charge is 0.476 e. The summed E-state index contributed by atoms with van der Waals surface area (Å²) in [6, 6.07) is 3.50. The minimum absolute atomic E-state index is 0.0715. The summed E-state index contributed by atoms with van der Waals surface area (Å²) in [7, 11) is 0. The molecule has 3 heterocycles. The molecule has 0 bridgehead atoms. The summed E-state index contributed by atoms with van der Waals surface area (Å²) in [6.07, 6.45) is 1.28. The van der Waals surface area contributed by atoms with Crippen LogP contribution in [-0.4, -0.2) is 32.4 Å². The van der Waals surface area contributed by atoms with E-state index in [1.54, 1.807) is 13.8 Å². The van der Waals surface area contributed by atoms with E-state index < -0.39 is 17.7 Å². The Hall–Kier alpha value is -3.69. The van der Waals surface area contributed by atoms with E-state index >= 15 is 0 Å². The van der Waals surface area contributed by atoms with Gasteiger partial charge in [0.15, 0.2) is 5.82 Å². The van der Waals surface area contributed by atoms with Crippen LogP contribution in [-0.2, 0) is 6.42 Å². The smallest absolute Gasteiger partial charge is 0.255 e. The van der Waals surface area contributed by atoms with Gasteiger partial charge in [0.05, 0.1) is 35.8 Å². The van der Waals surface area contributed by atoms with Gasteiger partial charge in [-0.15, -0.1) is 0 Å². The number of halogens is 2. The van der Waals surface area contributed by atoms with Crippen LogP contribution < -0.4 is 15.8 Å². The predicted octanol–water partition coefficient (Wildman–Crippen LogP) is 2.53. The zero-order valence-electron chi connectivity index (χ0n) is 16.2. The third-order valence-corrected chi connectivity index (χ3v) is 4.74. The zero-order valence-corrected chi connectivity index (χ0v) is 16.2. The van der Waals surface area contributed by atoms with Crippen molar-refractivity contribution in [1.82, 2.24) is 25.3 Å². The number of aromatic nitrogens is 4. The number of carbonyl (C=O) groups excluding carboxylic acids is 1. The Bertz CT molecular complexity index is 1150. The molecular formula is C20H18F2N6O2. The number of nitrogens with two attached hydrogens (primary N) is 1. The summed E-state index contributed by atoms with van der Waals surface area (Å²) in [5, 5.41) is 2.89. The third-order valence-electron chi connectivity index (χ3n) is 4.74. The molecule has 1 amide bonds. The van der Waals surface area contributed by atoms with Crippen LogP contribution in [0.3, 0.4) is 0 Å². The van der Waals surface area contributed by atoms with Crippen molar-refractivity contribution in [2.75, 3.05) is 12.3 Å². The average molecular weight is 412 g/mol. The predicted molar refractivity (Wildman–Crippen MR) is 104 cm³/mol. The number of hydrogen-bond donors (Lipinski definition) is 2. The van der Waals surface area contributed by atoms with Crippen molar-refractivity contribution in [2.24, 2.45) is 0 Å². The maximum absolute atomic E-state index is 14.1. The van der Waals surface area contributed by atoms with E-state index in [2.05, 4.69) is 25.3 Å². The number of hydrogen-bond acceptors (Lipinski definition) is 7. The molecule has 0 unspecified atom stereocenters. The van der Waals surface area contributed by atoms with Gasteiger partial charge in [-0.25, -0.2) is 19.3 Å². The number of fused-ring (bicyclic) bond motifs is 1. The lowest BCUT2D eigenvalue weighted by Gasteiger charge is -2.27. The van der Waals surface area contributed by atoms with Crippen LogP contribution >= 0.6 is 0 Å². The molecule has 3 aromatic rings. The van der Waals surface area contributed by atoms with Crippen LogP contribution in [0.15, 0.2) is 24.4 Å². The van der Waals surface area contributed by atoms with E-state index in [0.29, 0.717) is 34.5 Å². The second-order valence-electron chi connectivity index (χ2n) is 6.73. The fourth-order valence-electron chi connectivity index (χ4n) is 3.51. The van der Waals surface area contributed by atoms with Crippen molar-refractivity contribution in [3.05, 3.63) is 58.5 Å². The number of amides is 1. The molecule has 1 aromatic carbocycles. The van der Waals surface area contributed by atoms with Crippen LogP contribution in [0, 0.1) is 18.6 Å². The van der Waals surface area contributed by atoms with Crippen molar-refractivity contribution in [2.45, 2.75) is 26.3 Å². The molecule has 1 atom stereocenters. The van der Waals surface area contributed by atoms with Crippen molar-refractivity contribution in [1.29, 1.82) is 0 Å². The summed E-state index contributed by atoms with van der Waals surface area (Å²) in [4.78, 5) is 29.0. The fourth-order valence-corrected chi connectivity index (χ4v) is 3.51. The molecule has 0 saturated heterocycles. The maximum Gasteiger partial charge on any atom is 0.255 e. The molecule has 0 aliphatic carbocycles. The molecule has 10 heteroatoms. The summed E-state index contributed by atoms with van der Waals surface area (Å²) < 4.78 is 33.1. The van der Waals surface area contributed by atoms with E-state index in [0.717, 1.165) is 6.20 Å². The Labute approximate surface area is 170 Å². The van der Waals surface area contributed by atoms with E-state index in [1.807, 2.05) is 0 Å². The first kappa shape index (κ1) is 19.6. The van der Waals surface area contributed by atoms with Gasteiger partial charge in [-0.1, -0.05) is 6.07 Å². The van der Waals surface area contributed by atoms with Gasteiger partial charge in [0.2, 0.25) is 11.8 Å². The van der Waals surface area contributed by atoms with Crippen LogP contribution in [0.2, 0.25) is 0 Å². The number of anilines is 1. The average Bonchev–Trinajstić information content (AvgIpc) is 2.69. The molecule has 0 radical (unpaired) electrons. The van der Waals surface area contributed by atoms with E-state index in [4.69, 9.17) is 10.5 Å². The summed E-state index contributed by atoms with van der Waals surface area (Å²) in [6.45, 7) is 3.58. The van der Waals surface area contributed by atoms with Crippen molar-refractivity contribution >= 4 is 11.9 Å². The lowest BCUT2D eigenvalue weighted by Crippen LogP contribution is -2.37. The Morgan fingerprint density at radius 1 is 1.27 bits per heavy atom. The molecule has 8 nitrogen and oxygen atoms in total. The topological polar surface area (TPSA) is 116 Å². The summed E-state index contributed by atoms with van der Waals surface area (Å²) >= 11 is 0. The van der Waals surface area contributed by atoms with Crippen LogP contribution in [0.25, 0.3) is 11.4 Å². The quantitative estimate of drug-likeness (QED) is 0.676. The minimum Gasteiger partial charge on any atom is -0.476 e. The Kier molecular flexibility index (Phi) is 4.98. The van der Waals surface area contributed by atoms with Crippen LogP contribution in [0.5, 0.6) is 5.88 Å². The fraction of sp³-hybridized carbons (Fsp3) is 0.250. The standard InChI is InChI=1S/C20H18F2N6O2/c1-3-30-19-13(22)8-24-17(28-19)12-6-10(21)4-5-11(12)14-7-15-16(18(29)26-14)9(2)25-20(23)27-15/h4-6,8,14H,3,7H2,1-2H3,(H,26,29)(H2,23,25,27)/t14-/m1/s1. The normalized spacial score (nSPS) is 15.5. The molecule has 0 spiro atoms. The molecule has 3 N–H and O–H groups in total. The van der Waals surface area contributed by atoms with E-state index in [9.17, 15) is 13.6 Å². The molecule has 2 aromatic heterocycles. The molecule has 154 valence electrons. The molecule has 1 aliphatic heterocycles. The number of nitrogens with one attached hydrogen (secondary N) is 1. The highest BCUT2D eigenvalue weighted by Crippen LogP contribution is 2.33. The second-order valence-corrected chi connectivity index (χ2v) is 6.73. The van der Waals surface area contributed by atoms with Crippen LogP contribution in [0.4, 0.5) is 14.7 Å². The Balaban J connectivity index is 1.80. The number of carbonyl (C=O) groups is 1. The summed E-state index contributed by atoms with van der Waals surface area (Å²) in [5.41, 5.74) is 7.96. The number of nitrogens with zero attached hydrogens (tertiary/aromatic N) is 4.